The number of likely N-dealkylation sites (tertiary alicyclic amines) is 1. The molecule has 0 radical (unpaired) electrons. The fraction of sp³-hybridized carbons (Fsp3) is 0.600. The number of nitrogens with zero attached hydrogens (tertiary/aromatic N) is 1. The molecule has 2 unspecified atom stereocenters. The Morgan fingerprint density at radius 3 is 2.76 bits per heavy atom. The molecule has 2 aliphatic heterocycles. The summed E-state index contributed by atoms with van der Waals surface area (Å²) >= 11 is 0. The molecular weight excluding hydrogens is 316 g/mol. The maximum atomic E-state index is 12.7. The van der Waals surface area contributed by atoms with Crippen LogP contribution in [-0.2, 0) is 4.79 Å². The first-order chi connectivity index (χ1) is 12.2. The van der Waals surface area contributed by atoms with Gasteiger partial charge in [-0.3, -0.25) is 14.5 Å². The van der Waals surface area contributed by atoms with Gasteiger partial charge in [-0.05, 0) is 37.9 Å². The predicted molar refractivity (Wildman–Crippen MR) is 94.8 cm³/mol. The van der Waals surface area contributed by atoms with Gasteiger partial charge in [0.2, 0.25) is 5.91 Å². The first-order valence-electron chi connectivity index (χ1n) is 9.53. The molecule has 1 saturated heterocycles. The van der Waals surface area contributed by atoms with Crippen LogP contribution in [0.3, 0.4) is 0 Å². The van der Waals surface area contributed by atoms with Crippen LogP contribution >= 0.6 is 0 Å². The van der Waals surface area contributed by atoms with Crippen molar-refractivity contribution >= 4 is 11.7 Å². The molecule has 1 aromatic rings. The van der Waals surface area contributed by atoms with Crippen molar-refractivity contribution in [3.8, 4) is 5.75 Å². The SMILES string of the molecule is O=C(NC1COc2ccccc2C1=O)C1CCN(C2CCCCC2)C1. The fourth-order valence-electron chi connectivity index (χ4n) is 4.41. The molecule has 2 heterocycles. The zero-order chi connectivity index (χ0) is 17.2. The zero-order valence-electron chi connectivity index (χ0n) is 14.6. The van der Waals surface area contributed by atoms with Crippen LogP contribution in [0.2, 0.25) is 0 Å². The number of hydrogen-bond acceptors (Lipinski definition) is 4. The van der Waals surface area contributed by atoms with Gasteiger partial charge >= 0.3 is 0 Å². The van der Waals surface area contributed by atoms with Crippen LogP contribution in [0.15, 0.2) is 24.3 Å². The molecule has 0 spiro atoms. The van der Waals surface area contributed by atoms with E-state index in [0.29, 0.717) is 17.4 Å². The average Bonchev–Trinajstić information content (AvgIpc) is 3.15. The molecule has 134 valence electrons. The minimum atomic E-state index is -0.564. The van der Waals surface area contributed by atoms with Crippen LogP contribution in [0, 0.1) is 5.92 Å². The highest BCUT2D eigenvalue weighted by Crippen LogP contribution is 2.28. The molecule has 1 N–H and O–H groups in total. The third-order valence-corrected chi connectivity index (χ3v) is 5.87. The van der Waals surface area contributed by atoms with E-state index < -0.39 is 6.04 Å². The van der Waals surface area contributed by atoms with E-state index in [1.807, 2.05) is 12.1 Å². The molecule has 0 aromatic heterocycles. The van der Waals surface area contributed by atoms with Crippen molar-refractivity contribution in [2.45, 2.75) is 50.6 Å². The lowest BCUT2D eigenvalue weighted by atomic mass is 9.94. The van der Waals surface area contributed by atoms with Gasteiger partial charge in [-0.25, -0.2) is 0 Å². The van der Waals surface area contributed by atoms with Crippen LogP contribution < -0.4 is 10.1 Å². The van der Waals surface area contributed by atoms with E-state index in [1.54, 1.807) is 12.1 Å². The van der Waals surface area contributed by atoms with Crippen LogP contribution in [0.4, 0.5) is 0 Å². The normalized spacial score (nSPS) is 27.6. The van der Waals surface area contributed by atoms with Crippen molar-refractivity contribution in [2.24, 2.45) is 5.92 Å². The summed E-state index contributed by atoms with van der Waals surface area (Å²) in [7, 11) is 0. The number of amides is 1. The second kappa shape index (κ2) is 7.16. The quantitative estimate of drug-likeness (QED) is 0.916. The highest BCUT2D eigenvalue weighted by molar-refractivity contribution is 6.05. The van der Waals surface area contributed by atoms with Crippen molar-refractivity contribution in [3.63, 3.8) is 0 Å². The lowest BCUT2D eigenvalue weighted by molar-refractivity contribution is -0.125. The lowest BCUT2D eigenvalue weighted by Crippen LogP contribution is -2.49. The van der Waals surface area contributed by atoms with Crippen LogP contribution in [0.1, 0.15) is 48.9 Å². The van der Waals surface area contributed by atoms with Gasteiger partial charge in [0.05, 0.1) is 11.5 Å². The number of ketones is 1. The smallest absolute Gasteiger partial charge is 0.225 e. The summed E-state index contributed by atoms with van der Waals surface area (Å²) in [5.74, 6) is 0.561. The van der Waals surface area contributed by atoms with E-state index in [4.69, 9.17) is 4.74 Å². The number of carbonyl (C=O) groups is 2. The molecule has 3 aliphatic rings. The molecule has 25 heavy (non-hydrogen) atoms. The van der Waals surface area contributed by atoms with Gasteiger partial charge in [0.1, 0.15) is 18.4 Å². The minimum Gasteiger partial charge on any atom is -0.490 e. The summed E-state index contributed by atoms with van der Waals surface area (Å²) in [4.78, 5) is 27.7. The molecular formula is C20H26N2O3. The number of carbonyl (C=O) groups excluding carboxylic acids is 2. The van der Waals surface area contributed by atoms with E-state index in [2.05, 4.69) is 10.2 Å². The van der Waals surface area contributed by atoms with Crippen LogP contribution in [0.5, 0.6) is 5.75 Å². The number of ether oxygens (including phenoxy) is 1. The first-order valence-corrected chi connectivity index (χ1v) is 9.53. The van der Waals surface area contributed by atoms with Crippen LogP contribution in [0.25, 0.3) is 0 Å². The summed E-state index contributed by atoms with van der Waals surface area (Å²) in [5, 5.41) is 2.93. The first kappa shape index (κ1) is 16.6. The van der Waals surface area contributed by atoms with Crippen LogP contribution in [-0.4, -0.2) is 48.4 Å². The zero-order valence-corrected chi connectivity index (χ0v) is 14.6. The third kappa shape index (κ3) is 3.43. The van der Waals surface area contributed by atoms with Gasteiger partial charge < -0.3 is 10.1 Å². The number of benzene rings is 1. The molecule has 4 rings (SSSR count). The Morgan fingerprint density at radius 1 is 1.12 bits per heavy atom. The van der Waals surface area contributed by atoms with Crippen molar-refractivity contribution in [2.75, 3.05) is 19.7 Å². The van der Waals surface area contributed by atoms with Gasteiger partial charge in [0.15, 0.2) is 5.78 Å². The van der Waals surface area contributed by atoms with Gasteiger partial charge in [0, 0.05) is 12.6 Å². The highest BCUT2D eigenvalue weighted by atomic mass is 16.5. The summed E-state index contributed by atoms with van der Waals surface area (Å²) in [6.07, 6.45) is 7.39. The minimum absolute atomic E-state index is 0.000333. The Morgan fingerprint density at radius 2 is 1.92 bits per heavy atom. The van der Waals surface area contributed by atoms with Gasteiger partial charge in [0.25, 0.3) is 0 Å². The van der Waals surface area contributed by atoms with E-state index >= 15 is 0 Å². The molecule has 1 aromatic carbocycles. The van der Waals surface area contributed by atoms with Crippen molar-refractivity contribution in [1.29, 1.82) is 0 Å². The van der Waals surface area contributed by atoms with E-state index in [9.17, 15) is 9.59 Å². The van der Waals surface area contributed by atoms with Gasteiger partial charge in [-0.1, -0.05) is 31.4 Å². The van der Waals surface area contributed by atoms with Gasteiger partial charge in [-0.2, -0.15) is 0 Å². The Kier molecular flexibility index (Phi) is 4.75. The van der Waals surface area contributed by atoms with E-state index in [0.717, 1.165) is 19.5 Å². The Balaban J connectivity index is 1.34. The predicted octanol–water partition coefficient (Wildman–Crippen LogP) is 2.40. The number of nitrogens with one attached hydrogen (secondary N) is 1. The second-order valence-electron chi connectivity index (χ2n) is 7.50. The largest absolute Gasteiger partial charge is 0.490 e. The molecule has 5 nitrogen and oxygen atoms in total. The number of fused-ring (bicyclic) bond motifs is 1. The number of para-hydroxylation sites is 1. The molecule has 0 bridgehead atoms. The molecule has 1 amide bonds. The molecule has 2 atom stereocenters. The number of hydrogen-bond donors (Lipinski definition) is 1. The molecule has 1 saturated carbocycles. The maximum Gasteiger partial charge on any atom is 0.225 e. The highest BCUT2D eigenvalue weighted by Gasteiger charge is 2.36. The third-order valence-electron chi connectivity index (χ3n) is 5.87. The second-order valence-corrected chi connectivity index (χ2v) is 7.50. The fourth-order valence-corrected chi connectivity index (χ4v) is 4.41. The van der Waals surface area contributed by atoms with Crippen molar-refractivity contribution in [3.05, 3.63) is 29.8 Å². The maximum absolute atomic E-state index is 12.7. The average molecular weight is 342 g/mol. The Hall–Kier alpha value is -1.88. The topological polar surface area (TPSA) is 58.6 Å². The van der Waals surface area contributed by atoms with E-state index in [-0.39, 0.29) is 24.2 Å². The standard InChI is InChI=1S/C20H26N2O3/c23-19-16-8-4-5-9-18(16)25-13-17(19)21-20(24)14-10-11-22(12-14)15-6-2-1-3-7-15/h4-5,8-9,14-15,17H,1-3,6-7,10-13H2,(H,21,24). The van der Waals surface area contributed by atoms with Crippen molar-refractivity contribution < 1.29 is 14.3 Å². The number of rotatable bonds is 3. The number of Topliss-reactive ketones (excluding diaryl/α,β-unsaturated/α-hetero) is 1. The summed E-state index contributed by atoms with van der Waals surface area (Å²) in [5.41, 5.74) is 0.564. The molecule has 5 heteroatoms. The Bertz CT molecular complexity index is 654. The van der Waals surface area contributed by atoms with E-state index in [1.165, 1.54) is 32.1 Å². The Labute approximate surface area is 148 Å². The van der Waals surface area contributed by atoms with Gasteiger partial charge in [-0.15, -0.1) is 0 Å². The molecule has 2 fully saturated rings. The molecule has 1 aliphatic carbocycles. The monoisotopic (exact) mass is 342 g/mol. The summed E-state index contributed by atoms with van der Waals surface area (Å²) in [6.45, 7) is 2.05. The summed E-state index contributed by atoms with van der Waals surface area (Å²) < 4.78 is 5.64. The lowest BCUT2D eigenvalue weighted by Gasteiger charge is -2.31. The summed E-state index contributed by atoms with van der Waals surface area (Å²) in [6, 6.07) is 7.32. The van der Waals surface area contributed by atoms with Crippen molar-refractivity contribution in [1.82, 2.24) is 10.2 Å².